The molecule has 2 amide bonds. The molecule has 1 N–H and O–H groups in total. The predicted molar refractivity (Wildman–Crippen MR) is 114 cm³/mol. The van der Waals surface area contributed by atoms with Gasteiger partial charge in [-0.05, 0) is 61.4 Å². The molecule has 3 fully saturated rings. The van der Waals surface area contributed by atoms with Crippen LogP contribution in [0.4, 0.5) is 15.9 Å². The van der Waals surface area contributed by atoms with Gasteiger partial charge in [0.15, 0.2) is 5.82 Å². The van der Waals surface area contributed by atoms with E-state index >= 15 is 0 Å². The second kappa shape index (κ2) is 8.24. The zero-order valence-corrected chi connectivity index (χ0v) is 17.3. The van der Waals surface area contributed by atoms with Gasteiger partial charge in [0.05, 0.1) is 11.6 Å². The van der Waals surface area contributed by atoms with Gasteiger partial charge >= 0.3 is 0 Å². The molecule has 0 spiro atoms. The number of nitrogens with zero attached hydrogens (tertiary/aromatic N) is 4. The van der Waals surface area contributed by atoms with Crippen molar-refractivity contribution in [3.63, 3.8) is 0 Å². The van der Waals surface area contributed by atoms with Crippen molar-refractivity contribution in [2.75, 3.05) is 36.4 Å². The molecule has 2 aromatic rings. The molecule has 8 heteroatoms. The molecule has 7 nitrogen and oxygen atoms in total. The van der Waals surface area contributed by atoms with Gasteiger partial charge in [0.25, 0.3) is 0 Å². The van der Waals surface area contributed by atoms with Gasteiger partial charge < -0.3 is 15.1 Å². The molecule has 0 unspecified atom stereocenters. The lowest BCUT2D eigenvalue weighted by Crippen LogP contribution is -2.52. The van der Waals surface area contributed by atoms with Crippen molar-refractivity contribution in [3.05, 3.63) is 47.9 Å². The average molecular weight is 423 g/mol. The van der Waals surface area contributed by atoms with E-state index in [-0.39, 0.29) is 35.3 Å². The predicted octanol–water partition coefficient (Wildman–Crippen LogP) is 2.81. The largest absolute Gasteiger partial charge is 0.353 e. The van der Waals surface area contributed by atoms with Gasteiger partial charge in [0, 0.05) is 38.3 Å². The van der Waals surface area contributed by atoms with E-state index in [4.69, 9.17) is 0 Å². The van der Waals surface area contributed by atoms with Crippen LogP contribution in [0.1, 0.15) is 37.2 Å². The summed E-state index contributed by atoms with van der Waals surface area (Å²) in [6, 6.07) is 8.75. The number of hydrogen-bond donors (Lipinski definition) is 1. The third-order valence-corrected chi connectivity index (χ3v) is 6.59. The highest BCUT2D eigenvalue weighted by Crippen LogP contribution is 2.35. The smallest absolute Gasteiger partial charge is 0.231 e. The molecule has 1 aromatic carbocycles. The van der Waals surface area contributed by atoms with E-state index in [1.54, 1.807) is 12.3 Å². The van der Waals surface area contributed by atoms with Crippen LogP contribution in [0.2, 0.25) is 0 Å². The van der Waals surface area contributed by atoms with Gasteiger partial charge in [-0.25, -0.2) is 4.39 Å². The molecule has 0 radical (unpaired) electrons. The number of piperidine rings is 1. The molecule has 3 aliphatic rings. The Kier molecular flexibility index (Phi) is 5.29. The molecule has 1 saturated carbocycles. The summed E-state index contributed by atoms with van der Waals surface area (Å²) >= 11 is 0. The van der Waals surface area contributed by atoms with Gasteiger partial charge in [-0.3, -0.25) is 9.59 Å². The molecule has 1 aromatic heterocycles. The lowest BCUT2D eigenvalue weighted by Gasteiger charge is -2.38. The van der Waals surface area contributed by atoms with E-state index < -0.39 is 5.82 Å². The second-order valence-corrected chi connectivity index (χ2v) is 8.79. The topological polar surface area (TPSA) is 78.4 Å². The first-order chi connectivity index (χ1) is 15.1. The Balaban J connectivity index is 1.14. The zero-order chi connectivity index (χ0) is 21.4. The number of rotatable bonds is 5. The lowest BCUT2D eigenvalue weighted by atomic mass is 9.89. The van der Waals surface area contributed by atoms with Crippen molar-refractivity contribution in [3.8, 4) is 0 Å². The van der Waals surface area contributed by atoms with Gasteiger partial charge in [-0.2, -0.15) is 5.10 Å². The number of hydrogen-bond acceptors (Lipinski definition) is 5. The first kappa shape index (κ1) is 19.9. The summed E-state index contributed by atoms with van der Waals surface area (Å²) in [4.78, 5) is 28.6. The van der Waals surface area contributed by atoms with Gasteiger partial charge in [-0.15, -0.1) is 5.10 Å². The SMILES string of the molecule is O=C(Nc1ccc(C2CCN(C(=O)C3CC3)CC2)cc1F)C1CN(c2cccnn2)C1. The molecule has 2 saturated heterocycles. The number of halogens is 1. The number of amides is 2. The molecule has 1 aliphatic carbocycles. The Morgan fingerprint density at radius 1 is 1.03 bits per heavy atom. The van der Waals surface area contributed by atoms with Crippen LogP contribution in [0.3, 0.4) is 0 Å². The van der Waals surface area contributed by atoms with E-state index in [9.17, 15) is 14.0 Å². The van der Waals surface area contributed by atoms with Crippen LogP contribution in [-0.2, 0) is 9.59 Å². The van der Waals surface area contributed by atoms with Crippen molar-refractivity contribution in [2.24, 2.45) is 11.8 Å². The minimum Gasteiger partial charge on any atom is -0.353 e. The third kappa shape index (κ3) is 4.24. The fourth-order valence-electron chi connectivity index (χ4n) is 4.44. The molecule has 162 valence electrons. The summed E-state index contributed by atoms with van der Waals surface area (Å²) in [5.41, 5.74) is 1.15. The number of nitrogens with one attached hydrogen (secondary N) is 1. The molecule has 5 rings (SSSR count). The maximum Gasteiger partial charge on any atom is 0.231 e. The van der Waals surface area contributed by atoms with Crippen LogP contribution < -0.4 is 10.2 Å². The molecular weight excluding hydrogens is 397 g/mol. The Labute approximate surface area is 180 Å². The normalized spacial score (nSPS) is 19.8. The van der Waals surface area contributed by atoms with E-state index in [1.807, 2.05) is 28.0 Å². The first-order valence-electron chi connectivity index (χ1n) is 11.0. The average Bonchev–Trinajstić information content (AvgIpc) is 3.60. The van der Waals surface area contributed by atoms with E-state index in [1.165, 1.54) is 6.07 Å². The molecule has 2 aliphatic heterocycles. The minimum absolute atomic E-state index is 0.182. The van der Waals surface area contributed by atoms with Crippen LogP contribution in [0.15, 0.2) is 36.5 Å². The Morgan fingerprint density at radius 3 is 2.45 bits per heavy atom. The number of anilines is 2. The monoisotopic (exact) mass is 423 g/mol. The Morgan fingerprint density at radius 2 is 1.81 bits per heavy atom. The standard InChI is InChI=1S/C23H26FN5O2/c24-19-12-17(15-7-10-28(11-8-15)23(31)16-3-4-16)5-6-20(19)26-22(30)18-13-29(14-18)21-2-1-9-25-27-21/h1-2,5-6,9,12,15-16,18H,3-4,7-8,10-11,13-14H2,(H,26,30). The highest BCUT2D eigenvalue weighted by molar-refractivity contribution is 5.94. The quantitative estimate of drug-likeness (QED) is 0.800. The van der Waals surface area contributed by atoms with Crippen molar-refractivity contribution >= 4 is 23.3 Å². The number of aromatic nitrogens is 2. The first-order valence-corrected chi connectivity index (χ1v) is 11.0. The molecule has 0 atom stereocenters. The van der Waals surface area contributed by atoms with Crippen molar-refractivity contribution in [1.82, 2.24) is 15.1 Å². The maximum absolute atomic E-state index is 14.7. The van der Waals surface area contributed by atoms with Crippen LogP contribution in [0, 0.1) is 17.7 Å². The lowest BCUT2D eigenvalue weighted by molar-refractivity contribution is -0.133. The van der Waals surface area contributed by atoms with Crippen LogP contribution in [-0.4, -0.2) is 53.1 Å². The fourth-order valence-corrected chi connectivity index (χ4v) is 4.44. The second-order valence-electron chi connectivity index (χ2n) is 8.79. The highest BCUT2D eigenvalue weighted by atomic mass is 19.1. The van der Waals surface area contributed by atoms with Crippen LogP contribution in [0.5, 0.6) is 0 Å². The van der Waals surface area contributed by atoms with Crippen molar-refractivity contribution in [1.29, 1.82) is 0 Å². The molecular formula is C23H26FN5O2. The van der Waals surface area contributed by atoms with Crippen molar-refractivity contribution in [2.45, 2.75) is 31.6 Å². The van der Waals surface area contributed by atoms with E-state index in [0.29, 0.717) is 13.1 Å². The molecule has 3 heterocycles. The summed E-state index contributed by atoms with van der Waals surface area (Å²) in [7, 11) is 0. The number of benzene rings is 1. The van der Waals surface area contributed by atoms with Gasteiger partial charge in [0.1, 0.15) is 5.82 Å². The Bertz CT molecular complexity index is 967. The van der Waals surface area contributed by atoms with E-state index in [0.717, 1.165) is 50.2 Å². The summed E-state index contributed by atoms with van der Waals surface area (Å²) in [6.45, 7) is 2.57. The number of carbonyl (C=O) groups is 2. The summed E-state index contributed by atoms with van der Waals surface area (Å²) in [5.74, 6) is 0.735. The van der Waals surface area contributed by atoms with Gasteiger partial charge in [0.2, 0.25) is 11.8 Å². The summed E-state index contributed by atoms with van der Waals surface area (Å²) in [5, 5.41) is 10.6. The zero-order valence-electron chi connectivity index (χ0n) is 17.3. The number of likely N-dealkylation sites (tertiary alicyclic amines) is 1. The van der Waals surface area contributed by atoms with E-state index in [2.05, 4.69) is 15.5 Å². The Hall–Kier alpha value is -3.03. The third-order valence-electron chi connectivity index (χ3n) is 6.59. The van der Waals surface area contributed by atoms with Crippen LogP contribution >= 0.6 is 0 Å². The van der Waals surface area contributed by atoms with Gasteiger partial charge in [-0.1, -0.05) is 6.07 Å². The summed E-state index contributed by atoms with van der Waals surface area (Å²) in [6.07, 6.45) is 5.36. The fraction of sp³-hybridized carbons (Fsp3) is 0.478. The minimum atomic E-state index is -0.410. The molecule has 0 bridgehead atoms. The maximum atomic E-state index is 14.7. The summed E-state index contributed by atoms with van der Waals surface area (Å²) < 4.78 is 14.7. The highest BCUT2D eigenvalue weighted by Gasteiger charge is 2.36. The van der Waals surface area contributed by atoms with Crippen LogP contribution in [0.25, 0.3) is 0 Å². The number of carbonyl (C=O) groups excluding carboxylic acids is 2. The molecule has 31 heavy (non-hydrogen) atoms. The van der Waals surface area contributed by atoms with Crippen molar-refractivity contribution < 1.29 is 14.0 Å².